The molecule has 5 amide bonds. The lowest BCUT2D eigenvalue weighted by Gasteiger charge is -2.42. The second-order valence-electron chi connectivity index (χ2n) is 17.0. The molecule has 0 unspecified atom stereocenters. The Labute approximate surface area is 422 Å². The van der Waals surface area contributed by atoms with Crippen molar-refractivity contribution >= 4 is 35.7 Å². The molecule has 0 spiro atoms. The van der Waals surface area contributed by atoms with Crippen LogP contribution in [0.15, 0.2) is 109 Å². The number of hydrogen-bond acceptors (Lipinski definition) is 16. The van der Waals surface area contributed by atoms with E-state index < -0.39 is 98.0 Å². The zero-order valence-corrected chi connectivity index (χ0v) is 40.4. The number of fused-ring (bicyclic) bond motifs is 3. The van der Waals surface area contributed by atoms with E-state index in [0.29, 0.717) is 0 Å². The van der Waals surface area contributed by atoms with Crippen LogP contribution in [0.3, 0.4) is 0 Å². The van der Waals surface area contributed by atoms with Crippen LogP contribution in [0.25, 0.3) is 11.1 Å². The fourth-order valence-electron chi connectivity index (χ4n) is 8.07. The number of aliphatic hydroxyl groups is 3. The van der Waals surface area contributed by atoms with E-state index in [-0.39, 0.29) is 71.9 Å². The third-order valence-corrected chi connectivity index (χ3v) is 11.7. The molecule has 1 saturated heterocycles. The Kier molecular flexibility index (Phi) is 22.1. The summed E-state index contributed by atoms with van der Waals surface area (Å²) < 4.78 is 39.1. The number of amides is 5. The van der Waals surface area contributed by atoms with Gasteiger partial charge in [-0.25, -0.2) is 9.59 Å². The Morgan fingerprint density at radius 1 is 0.644 bits per heavy atom. The first-order chi connectivity index (χ1) is 35.4. The van der Waals surface area contributed by atoms with Crippen LogP contribution in [0.4, 0.5) is 4.79 Å². The van der Waals surface area contributed by atoms with Crippen LogP contribution in [0, 0.1) is 0 Å². The molecule has 4 aromatic carbocycles. The SMILES string of the molecule is CC(=O)N[C@H]1[C@H](OCCOCCOCCNC(=O)C[C@H](NC(=O)OCC2c3ccccc3-c3ccccc32)C(=O)NCC(=O)N[C@H](COCc2ccccc2)C(=O)OCc2ccccc2)O[C@H](CO)[C@@H](O)[C@@H]1O. The molecule has 21 heteroatoms. The number of nitrogens with one attached hydrogen (secondary N) is 5. The first-order valence-corrected chi connectivity index (χ1v) is 23.9. The largest absolute Gasteiger partial charge is 0.459 e. The second kappa shape index (κ2) is 29.0. The van der Waals surface area contributed by atoms with Crippen LogP contribution in [0.2, 0.25) is 0 Å². The van der Waals surface area contributed by atoms with Crippen molar-refractivity contribution in [2.45, 2.75) is 75.2 Å². The fraction of sp³-hybridized carbons (Fsp3) is 0.423. The van der Waals surface area contributed by atoms with Crippen LogP contribution >= 0.6 is 0 Å². The highest BCUT2D eigenvalue weighted by Crippen LogP contribution is 2.44. The molecule has 1 fully saturated rings. The molecule has 1 aliphatic heterocycles. The number of alkyl carbamates (subject to hydrolysis) is 1. The van der Waals surface area contributed by atoms with Gasteiger partial charge in [-0.05, 0) is 33.4 Å². The Bertz CT molecular complexity index is 2370. The minimum absolute atomic E-state index is 0.0154. The van der Waals surface area contributed by atoms with Crippen LogP contribution < -0.4 is 26.6 Å². The van der Waals surface area contributed by atoms with Gasteiger partial charge in [-0.3, -0.25) is 19.2 Å². The molecule has 0 bridgehead atoms. The maximum Gasteiger partial charge on any atom is 0.407 e. The average molecular weight is 1010 g/mol. The molecule has 0 aromatic heterocycles. The first-order valence-electron chi connectivity index (χ1n) is 23.9. The number of hydrogen-bond donors (Lipinski definition) is 8. The van der Waals surface area contributed by atoms with E-state index in [2.05, 4.69) is 26.6 Å². The number of carbonyl (C=O) groups excluding carboxylic acids is 6. The quantitative estimate of drug-likeness (QED) is 0.0291. The number of rotatable bonds is 28. The molecule has 8 N–H and O–H groups in total. The standard InChI is InChI=1S/C52H63N5O16/c1-33(59)55-46-48(63)47(62)43(28-58)73-51(46)70-25-24-68-23-22-67-21-20-53-44(60)26-41(57-52(66)72-31-40-38-18-10-8-16-36(38)37-17-9-11-19-39(37)40)49(64)54-27-45(61)56-42(32-69-29-34-12-4-2-5-13-34)50(65)71-30-35-14-6-3-7-15-35/h2-19,40-43,46-48,51,58,62-63H,20-32H2,1H3,(H,53,60)(H,54,64)(H,55,59)(H,56,61)(H,57,66)/t41-,42+,43+,46+,47+,48+,51+/m0/s1. The smallest absolute Gasteiger partial charge is 0.407 e. The minimum Gasteiger partial charge on any atom is -0.459 e. The summed E-state index contributed by atoms with van der Waals surface area (Å²) in [5, 5.41) is 42.7. The van der Waals surface area contributed by atoms with E-state index in [1.54, 1.807) is 24.3 Å². The van der Waals surface area contributed by atoms with Gasteiger partial charge in [0, 0.05) is 19.4 Å². The van der Waals surface area contributed by atoms with E-state index in [1.807, 2.05) is 84.9 Å². The second-order valence-corrected chi connectivity index (χ2v) is 17.0. The van der Waals surface area contributed by atoms with E-state index in [1.165, 1.54) is 6.92 Å². The van der Waals surface area contributed by atoms with Gasteiger partial charge in [-0.15, -0.1) is 0 Å². The van der Waals surface area contributed by atoms with Gasteiger partial charge in [0.2, 0.25) is 23.6 Å². The highest BCUT2D eigenvalue weighted by Gasteiger charge is 2.45. The maximum atomic E-state index is 13.7. The van der Waals surface area contributed by atoms with Crippen LogP contribution in [0.1, 0.15) is 41.5 Å². The van der Waals surface area contributed by atoms with E-state index >= 15 is 0 Å². The summed E-state index contributed by atoms with van der Waals surface area (Å²) in [6.07, 6.45) is -6.71. The van der Waals surface area contributed by atoms with Gasteiger partial charge in [0.15, 0.2) is 12.3 Å². The zero-order chi connectivity index (χ0) is 52.0. The molecule has 21 nitrogen and oxygen atoms in total. The van der Waals surface area contributed by atoms with E-state index in [0.717, 1.165) is 33.4 Å². The van der Waals surface area contributed by atoms with Crippen molar-refractivity contribution < 1.29 is 77.2 Å². The monoisotopic (exact) mass is 1010 g/mol. The first kappa shape index (κ1) is 55.5. The van der Waals surface area contributed by atoms with Gasteiger partial charge in [0.1, 0.15) is 43.6 Å². The molecular weight excluding hydrogens is 951 g/mol. The molecule has 2 aliphatic rings. The van der Waals surface area contributed by atoms with Gasteiger partial charge in [-0.1, -0.05) is 109 Å². The summed E-state index contributed by atoms with van der Waals surface area (Å²) in [5.41, 5.74) is 5.53. The lowest BCUT2D eigenvalue weighted by molar-refractivity contribution is -0.272. The van der Waals surface area contributed by atoms with Crippen molar-refractivity contribution in [2.75, 3.05) is 65.9 Å². The number of ether oxygens (including phenoxy) is 7. The van der Waals surface area contributed by atoms with Crippen molar-refractivity contribution in [2.24, 2.45) is 0 Å². The third-order valence-electron chi connectivity index (χ3n) is 11.7. The maximum absolute atomic E-state index is 13.7. The highest BCUT2D eigenvalue weighted by atomic mass is 16.7. The summed E-state index contributed by atoms with van der Waals surface area (Å²) in [7, 11) is 0. The van der Waals surface area contributed by atoms with E-state index in [9.17, 15) is 44.1 Å². The lowest BCUT2D eigenvalue weighted by atomic mass is 9.97. The molecule has 6 rings (SSSR count). The molecule has 0 radical (unpaired) electrons. The Balaban J connectivity index is 0.980. The number of carbonyl (C=O) groups is 6. The summed E-state index contributed by atoms with van der Waals surface area (Å²) in [6, 6.07) is 29.9. The zero-order valence-electron chi connectivity index (χ0n) is 40.4. The predicted octanol–water partition coefficient (Wildman–Crippen LogP) is 0.955. The summed E-state index contributed by atoms with van der Waals surface area (Å²) >= 11 is 0. The van der Waals surface area contributed by atoms with Crippen LogP contribution in [-0.4, -0.2) is 160 Å². The number of benzene rings is 4. The molecule has 1 aliphatic carbocycles. The molecule has 0 saturated carbocycles. The van der Waals surface area contributed by atoms with Gasteiger partial charge in [-0.2, -0.15) is 0 Å². The topological polar surface area (TPSA) is 288 Å². The fourth-order valence-corrected chi connectivity index (χ4v) is 8.07. The molecule has 1 heterocycles. The van der Waals surface area contributed by atoms with Crippen LogP contribution in [0.5, 0.6) is 0 Å². The van der Waals surface area contributed by atoms with Gasteiger partial charge in [0.05, 0.1) is 65.8 Å². The Morgan fingerprint density at radius 3 is 1.89 bits per heavy atom. The van der Waals surface area contributed by atoms with Crippen molar-refractivity contribution in [3.8, 4) is 11.1 Å². The molecule has 7 atom stereocenters. The van der Waals surface area contributed by atoms with Crippen molar-refractivity contribution in [1.29, 1.82) is 0 Å². The highest BCUT2D eigenvalue weighted by molar-refractivity contribution is 5.94. The normalized spacial score (nSPS) is 18.8. The summed E-state index contributed by atoms with van der Waals surface area (Å²) in [4.78, 5) is 78.4. The van der Waals surface area contributed by atoms with Crippen molar-refractivity contribution in [3.63, 3.8) is 0 Å². The summed E-state index contributed by atoms with van der Waals surface area (Å²) in [6.45, 7) is 0.101. The van der Waals surface area contributed by atoms with Crippen molar-refractivity contribution in [3.05, 3.63) is 131 Å². The predicted molar refractivity (Wildman–Crippen MR) is 260 cm³/mol. The van der Waals surface area contributed by atoms with Crippen molar-refractivity contribution in [1.82, 2.24) is 26.6 Å². The van der Waals surface area contributed by atoms with Gasteiger partial charge in [0.25, 0.3) is 0 Å². The molecule has 4 aromatic rings. The lowest BCUT2D eigenvalue weighted by Crippen LogP contribution is -2.64. The third kappa shape index (κ3) is 17.1. The molecule has 73 heavy (non-hydrogen) atoms. The van der Waals surface area contributed by atoms with Gasteiger partial charge < -0.3 is 75.1 Å². The average Bonchev–Trinajstić information content (AvgIpc) is 3.72. The molecule has 392 valence electrons. The Hall–Kier alpha value is -6.82. The number of aliphatic hydroxyl groups excluding tert-OH is 3. The summed E-state index contributed by atoms with van der Waals surface area (Å²) in [5.74, 6) is -3.84. The van der Waals surface area contributed by atoms with Crippen LogP contribution in [-0.2, 0) is 70.3 Å². The Morgan fingerprint density at radius 2 is 1.25 bits per heavy atom. The minimum atomic E-state index is -1.50. The van der Waals surface area contributed by atoms with E-state index in [4.69, 9.17) is 33.2 Å². The van der Waals surface area contributed by atoms with Gasteiger partial charge >= 0.3 is 12.1 Å². The number of esters is 1. The molecular formula is C52H63N5O16.